The average Bonchev–Trinajstić information content (AvgIpc) is 3.92. The van der Waals surface area contributed by atoms with Gasteiger partial charge >= 0.3 is 24.0 Å². The highest BCUT2D eigenvalue weighted by molar-refractivity contribution is 7.89. The molecule has 55 heavy (non-hydrogen) atoms. The Bertz CT molecular complexity index is 2190. The van der Waals surface area contributed by atoms with E-state index in [2.05, 4.69) is 46.3 Å². The number of benzene rings is 3. The minimum Gasteiger partial charge on any atom is -0.454 e. The highest BCUT2D eigenvalue weighted by atomic mass is 35.5. The summed E-state index contributed by atoms with van der Waals surface area (Å²) in [5.74, 6) is -3.44. The van der Waals surface area contributed by atoms with E-state index < -0.39 is 69.9 Å². The van der Waals surface area contributed by atoms with Gasteiger partial charge in [-0.2, -0.15) is 28.1 Å². The van der Waals surface area contributed by atoms with Gasteiger partial charge in [-0.15, -0.1) is 0 Å². The number of nitrogens with zero attached hydrogens (tertiary/aromatic N) is 3. The molecule has 6 N–H and O–H groups in total. The quantitative estimate of drug-likeness (QED) is 0.0744. The van der Waals surface area contributed by atoms with Crippen LogP contribution in [0.15, 0.2) is 77.7 Å². The van der Waals surface area contributed by atoms with Crippen LogP contribution in [0.5, 0.6) is 6.01 Å². The molecule has 0 bridgehead atoms. The van der Waals surface area contributed by atoms with Crippen molar-refractivity contribution in [2.45, 2.75) is 35.5 Å². The molecule has 0 spiro atoms. The second kappa shape index (κ2) is 16.8. The SMILES string of the molecule is CNS(=O)(=O)c1cccc(NC(=O)C(=O)NC[C@H](NC(=O)c2ccc(Nc3nc(NC4(c5ccc(Cl)cc5)CC4)nc(OCC(F)(F)F)n3)cc2)C(=O)Cl)c1. The average molecular weight is 825 g/mol. The minimum atomic E-state index is -4.66. The molecule has 22 heteroatoms. The van der Waals surface area contributed by atoms with Crippen LogP contribution in [0.25, 0.3) is 0 Å². The molecule has 3 aromatic carbocycles. The number of rotatable bonds is 15. The van der Waals surface area contributed by atoms with Crippen LogP contribution in [-0.4, -0.2) is 78.8 Å². The first-order valence-electron chi connectivity index (χ1n) is 16.0. The fraction of sp³-hybridized carbons (Fsp3) is 0.242. The van der Waals surface area contributed by atoms with Gasteiger partial charge in [-0.25, -0.2) is 13.1 Å². The van der Waals surface area contributed by atoms with Crippen molar-refractivity contribution in [3.63, 3.8) is 0 Å². The second-order valence-corrected chi connectivity index (χ2v) is 14.5. The molecule has 1 heterocycles. The molecule has 290 valence electrons. The minimum absolute atomic E-state index is 0.00341. The predicted octanol–water partition coefficient (Wildman–Crippen LogP) is 3.84. The summed E-state index contributed by atoms with van der Waals surface area (Å²) in [5.41, 5.74) is 0.610. The van der Waals surface area contributed by atoms with Crippen molar-refractivity contribution in [2.24, 2.45) is 0 Å². The number of alkyl halides is 3. The van der Waals surface area contributed by atoms with E-state index in [0.29, 0.717) is 23.6 Å². The predicted molar refractivity (Wildman–Crippen MR) is 194 cm³/mol. The Hall–Kier alpha value is -5.57. The Morgan fingerprint density at radius 3 is 2.20 bits per heavy atom. The van der Waals surface area contributed by atoms with Gasteiger partial charge in [-0.1, -0.05) is 29.8 Å². The van der Waals surface area contributed by atoms with Gasteiger partial charge in [-0.3, -0.25) is 19.2 Å². The smallest absolute Gasteiger partial charge is 0.422 e. The summed E-state index contributed by atoms with van der Waals surface area (Å²) in [4.78, 5) is 61.9. The third-order valence-corrected chi connectivity index (χ3v) is 9.73. The number of ether oxygens (including phenoxy) is 1. The maximum atomic E-state index is 13.0. The number of aromatic nitrogens is 3. The fourth-order valence-electron chi connectivity index (χ4n) is 4.86. The second-order valence-electron chi connectivity index (χ2n) is 11.8. The lowest BCUT2D eigenvalue weighted by Crippen LogP contribution is -2.49. The molecule has 0 unspecified atom stereocenters. The normalized spacial score (nSPS) is 13.9. The van der Waals surface area contributed by atoms with Crippen LogP contribution in [-0.2, 0) is 29.9 Å². The third-order valence-electron chi connectivity index (χ3n) is 7.80. The summed E-state index contributed by atoms with van der Waals surface area (Å²) < 4.78 is 69.8. The van der Waals surface area contributed by atoms with Crippen LogP contribution in [0.3, 0.4) is 0 Å². The first-order chi connectivity index (χ1) is 25.9. The van der Waals surface area contributed by atoms with E-state index in [1.807, 2.05) is 12.1 Å². The van der Waals surface area contributed by atoms with Gasteiger partial charge in [0.25, 0.3) is 5.91 Å². The van der Waals surface area contributed by atoms with Crippen LogP contribution in [0.1, 0.15) is 28.8 Å². The van der Waals surface area contributed by atoms with Crippen LogP contribution in [0, 0.1) is 0 Å². The molecule has 0 saturated heterocycles. The molecular weight excluding hydrogens is 794 g/mol. The number of hydrogen-bond donors (Lipinski definition) is 6. The van der Waals surface area contributed by atoms with Gasteiger partial charge in [0.05, 0.1) is 10.4 Å². The number of halogens is 5. The van der Waals surface area contributed by atoms with Crippen molar-refractivity contribution in [1.82, 2.24) is 30.3 Å². The van der Waals surface area contributed by atoms with Crippen LogP contribution in [0.4, 0.5) is 36.4 Å². The van der Waals surface area contributed by atoms with Crippen molar-refractivity contribution < 1.29 is 45.5 Å². The molecule has 1 atom stereocenters. The van der Waals surface area contributed by atoms with Crippen LogP contribution in [0.2, 0.25) is 5.02 Å². The molecule has 1 aromatic heterocycles. The summed E-state index contributed by atoms with van der Waals surface area (Å²) in [5, 5.41) is 12.2. The molecule has 1 saturated carbocycles. The molecule has 4 aromatic rings. The fourth-order valence-corrected chi connectivity index (χ4v) is 5.89. The maximum absolute atomic E-state index is 13.0. The summed E-state index contributed by atoms with van der Waals surface area (Å²) in [6.45, 7) is -2.23. The van der Waals surface area contributed by atoms with E-state index in [1.165, 1.54) is 49.5 Å². The van der Waals surface area contributed by atoms with Gasteiger partial charge in [-0.05, 0) is 91.7 Å². The van der Waals surface area contributed by atoms with Crippen LogP contribution < -0.4 is 36.0 Å². The number of amides is 3. The molecule has 3 amide bonds. The van der Waals surface area contributed by atoms with E-state index >= 15 is 0 Å². The largest absolute Gasteiger partial charge is 0.454 e. The number of anilines is 4. The van der Waals surface area contributed by atoms with Gasteiger partial charge in [0.15, 0.2) is 6.61 Å². The van der Waals surface area contributed by atoms with Gasteiger partial charge in [0.1, 0.15) is 6.04 Å². The lowest BCUT2D eigenvalue weighted by Gasteiger charge is -2.19. The summed E-state index contributed by atoms with van der Waals surface area (Å²) in [7, 11) is -2.62. The molecular formula is C33H30Cl2F3N9O7S. The Labute approximate surface area is 321 Å². The third kappa shape index (κ3) is 11.2. The highest BCUT2D eigenvalue weighted by Gasteiger charge is 2.45. The zero-order valence-corrected chi connectivity index (χ0v) is 30.7. The summed E-state index contributed by atoms with van der Waals surface area (Å²) in [6.07, 6.45) is -3.29. The highest BCUT2D eigenvalue weighted by Crippen LogP contribution is 2.48. The molecule has 0 aliphatic heterocycles. The van der Waals surface area contributed by atoms with Gasteiger partial charge in [0, 0.05) is 28.5 Å². The van der Waals surface area contributed by atoms with Crippen molar-refractivity contribution >= 4 is 79.5 Å². The van der Waals surface area contributed by atoms with E-state index in [0.717, 1.165) is 11.6 Å². The molecule has 16 nitrogen and oxygen atoms in total. The Kier molecular flexibility index (Phi) is 12.4. The van der Waals surface area contributed by atoms with Crippen molar-refractivity contribution in [1.29, 1.82) is 0 Å². The summed E-state index contributed by atoms with van der Waals surface area (Å²) in [6, 6.07) is 15.6. The van der Waals surface area contributed by atoms with E-state index in [9.17, 15) is 40.8 Å². The van der Waals surface area contributed by atoms with Crippen LogP contribution >= 0.6 is 23.2 Å². The molecule has 0 radical (unpaired) electrons. The number of carbonyl (C=O) groups is 4. The molecule has 1 fully saturated rings. The lowest BCUT2D eigenvalue weighted by atomic mass is 10.1. The number of hydrogen-bond acceptors (Lipinski definition) is 12. The topological polar surface area (TPSA) is 222 Å². The molecule has 5 rings (SSSR count). The van der Waals surface area contributed by atoms with Gasteiger partial charge in [0.2, 0.25) is 27.2 Å². The van der Waals surface area contributed by atoms with Gasteiger partial charge < -0.3 is 31.3 Å². The van der Waals surface area contributed by atoms with E-state index in [4.69, 9.17) is 27.9 Å². The Morgan fingerprint density at radius 2 is 1.58 bits per heavy atom. The van der Waals surface area contributed by atoms with Crippen molar-refractivity contribution in [2.75, 3.05) is 36.1 Å². The lowest BCUT2D eigenvalue weighted by molar-refractivity contribution is -0.154. The number of carbonyl (C=O) groups excluding carboxylic acids is 4. The van der Waals surface area contributed by atoms with Crippen molar-refractivity contribution in [3.05, 3.63) is 88.9 Å². The first-order valence-corrected chi connectivity index (χ1v) is 18.2. The monoisotopic (exact) mass is 823 g/mol. The Balaban J connectivity index is 1.21. The molecule has 1 aliphatic rings. The van der Waals surface area contributed by atoms with Crippen molar-refractivity contribution in [3.8, 4) is 6.01 Å². The Morgan fingerprint density at radius 1 is 0.909 bits per heavy atom. The van der Waals surface area contributed by atoms with E-state index in [1.54, 1.807) is 12.1 Å². The zero-order chi connectivity index (χ0) is 40.0. The number of nitrogens with one attached hydrogen (secondary N) is 6. The first kappa shape index (κ1) is 40.6. The van der Waals surface area contributed by atoms with E-state index in [-0.39, 0.29) is 28.0 Å². The maximum Gasteiger partial charge on any atom is 0.422 e. The molecule has 1 aliphatic carbocycles. The number of sulfonamides is 1. The summed E-state index contributed by atoms with van der Waals surface area (Å²) >= 11 is 11.6. The zero-order valence-electron chi connectivity index (χ0n) is 28.3. The standard InChI is InChI=1S/C33H30Cl2F3N9O7S/c1-39-55(52,53)23-4-2-3-22(15-23)41-28(51)27(50)40-16-24(25(35)48)43-26(49)18-5-11-21(12-6-18)42-29-44-30(46-31(45-29)54-17-33(36,37)38)47-32(13-14-32)19-7-9-20(34)10-8-19/h2-12,15,24,39H,13-14,16-17H2,1H3,(H,40,50)(H,41,51)(H,43,49)(H2,42,44,45,46,47)/t24-/m0/s1.